The maximum Gasteiger partial charge on any atom is 0.258 e. The van der Waals surface area contributed by atoms with Crippen LogP contribution >= 0.6 is 0 Å². The molecule has 2 saturated heterocycles. The van der Waals surface area contributed by atoms with Crippen LogP contribution in [0.4, 0.5) is 11.4 Å². The number of carbonyl (C=O) groups is 2. The highest BCUT2D eigenvalue weighted by atomic mass is 16.3. The normalized spacial score (nSPS) is 23.4. The van der Waals surface area contributed by atoms with Gasteiger partial charge in [0.1, 0.15) is 0 Å². The van der Waals surface area contributed by atoms with Gasteiger partial charge >= 0.3 is 0 Å². The van der Waals surface area contributed by atoms with Gasteiger partial charge in [-0.1, -0.05) is 123 Å². The lowest BCUT2D eigenvalue weighted by molar-refractivity contribution is -0.123. The van der Waals surface area contributed by atoms with Gasteiger partial charge in [0.05, 0.1) is 24.2 Å². The zero-order valence-electron chi connectivity index (χ0n) is 40.2. The van der Waals surface area contributed by atoms with Crippen LogP contribution in [0.2, 0.25) is 0 Å². The number of hydrogen-bond donors (Lipinski definition) is 4. The SMILES string of the molecule is C/C=C/c1ccc2n(c1=O)C[C@@H]1[C@@H](CO)[C@H](C(=O)Nc3ccc(-c4ccccc4)cc3)N(CC)[C@H]21.C/C=C\c1ccc2n(c1=O)C[C@@H]1[C@@H](CO)[C@H](C(=O)Nc3ccc(-c4ccccc4)cc3)N(CC)[C@H]21. The lowest BCUT2D eigenvalue weighted by Crippen LogP contribution is -2.45. The van der Waals surface area contributed by atoms with E-state index in [1.165, 1.54) is 0 Å². The molecule has 4 aliphatic rings. The first-order chi connectivity index (χ1) is 34.1. The van der Waals surface area contributed by atoms with Crippen LogP contribution in [0, 0.1) is 23.7 Å². The van der Waals surface area contributed by atoms with Crippen LogP contribution in [0.3, 0.4) is 0 Å². The zero-order chi connectivity index (χ0) is 49.1. The summed E-state index contributed by atoms with van der Waals surface area (Å²) in [6, 6.07) is 42.5. The van der Waals surface area contributed by atoms with E-state index in [9.17, 15) is 29.4 Å². The fraction of sp³-hybridized carbons (Fsp3) is 0.310. The number of fused-ring (bicyclic) bond motifs is 6. The van der Waals surface area contributed by atoms with E-state index in [-0.39, 0.29) is 71.9 Å². The average molecular weight is 939 g/mol. The van der Waals surface area contributed by atoms with Gasteiger partial charge < -0.3 is 30.0 Å². The van der Waals surface area contributed by atoms with Crippen LogP contribution in [0.15, 0.2) is 155 Å². The van der Waals surface area contributed by atoms with Crippen LogP contribution in [0.5, 0.6) is 0 Å². The third-order valence-electron chi connectivity index (χ3n) is 14.9. The third-order valence-corrected chi connectivity index (χ3v) is 14.9. The van der Waals surface area contributed by atoms with Crippen LogP contribution < -0.4 is 21.8 Å². The Kier molecular flexibility index (Phi) is 14.4. The summed E-state index contributed by atoms with van der Waals surface area (Å²) < 4.78 is 3.65. The quantitative estimate of drug-likeness (QED) is 0.0958. The summed E-state index contributed by atoms with van der Waals surface area (Å²) in [5, 5.41) is 26.9. The molecule has 0 bridgehead atoms. The Labute approximate surface area is 409 Å². The second kappa shape index (κ2) is 21.0. The van der Waals surface area contributed by atoms with Crippen LogP contribution in [0.1, 0.15) is 62.3 Å². The number of carbonyl (C=O) groups excluding carboxylic acids is 2. The number of likely N-dealkylation sites (tertiary alicyclic amines) is 2. The maximum atomic E-state index is 13.5. The maximum absolute atomic E-state index is 13.5. The molecule has 70 heavy (non-hydrogen) atoms. The average Bonchev–Trinajstić information content (AvgIpc) is 4.14. The lowest BCUT2D eigenvalue weighted by atomic mass is 9.88. The van der Waals surface area contributed by atoms with Crippen molar-refractivity contribution in [3.8, 4) is 22.3 Å². The Morgan fingerprint density at radius 2 is 0.886 bits per heavy atom. The first-order valence-corrected chi connectivity index (χ1v) is 24.5. The minimum Gasteiger partial charge on any atom is -0.396 e. The van der Waals surface area contributed by atoms with Crippen molar-refractivity contribution in [2.45, 2.75) is 65.0 Å². The van der Waals surface area contributed by atoms with Crippen molar-refractivity contribution in [3.63, 3.8) is 0 Å². The molecule has 12 nitrogen and oxygen atoms in total. The van der Waals surface area contributed by atoms with Gasteiger partial charge in [0, 0.05) is 83.9 Å². The van der Waals surface area contributed by atoms with Gasteiger partial charge in [-0.2, -0.15) is 0 Å². The van der Waals surface area contributed by atoms with Gasteiger partial charge in [-0.3, -0.25) is 29.0 Å². The molecule has 0 radical (unpaired) electrons. The first-order valence-electron chi connectivity index (χ1n) is 24.5. The number of aliphatic hydroxyl groups is 2. The summed E-state index contributed by atoms with van der Waals surface area (Å²) in [6.45, 7) is 9.96. The van der Waals surface area contributed by atoms with Gasteiger partial charge in [0.2, 0.25) is 11.8 Å². The highest BCUT2D eigenvalue weighted by Crippen LogP contribution is 2.50. The summed E-state index contributed by atoms with van der Waals surface area (Å²) in [5.41, 5.74) is 9.02. The number of aromatic nitrogens is 2. The number of nitrogens with one attached hydrogen (secondary N) is 2. The van der Waals surface area contributed by atoms with E-state index in [1.54, 1.807) is 0 Å². The summed E-state index contributed by atoms with van der Waals surface area (Å²) in [7, 11) is 0. The van der Waals surface area contributed by atoms with E-state index in [0.29, 0.717) is 37.3 Å². The van der Waals surface area contributed by atoms with Gasteiger partial charge in [-0.15, -0.1) is 0 Å². The van der Waals surface area contributed by atoms with Gasteiger partial charge in [0.25, 0.3) is 11.1 Å². The van der Waals surface area contributed by atoms with E-state index in [2.05, 4.69) is 44.7 Å². The summed E-state index contributed by atoms with van der Waals surface area (Å²) >= 11 is 0. The number of aliphatic hydroxyl groups excluding tert-OH is 2. The summed E-state index contributed by atoms with van der Waals surface area (Å²) in [4.78, 5) is 57.3. The number of likely N-dealkylation sites (N-methyl/N-ethyl adjacent to an activating group) is 2. The number of benzene rings is 4. The molecule has 0 saturated carbocycles. The minimum atomic E-state index is -0.465. The molecule has 2 aromatic heterocycles. The monoisotopic (exact) mass is 938 g/mol. The van der Waals surface area contributed by atoms with Crippen molar-refractivity contribution in [2.75, 3.05) is 36.9 Å². The van der Waals surface area contributed by atoms with Crippen LogP contribution in [-0.4, -0.2) is 79.3 Å². The fourth-order valence-corrected chi connectivity index (χ4v) is 11.8. The predicted octanol–water partition coefficient (Wildman–Crippen LogP) is 8.34. The molecule has 12 heteroatoms. The molecule has 0 unspecified atom stereocenters. The number of hydrogen-bond acceptors (Lipinski definition) is 8. The molecule has 10 rings (SSSR count). The van der Waals surface area contributed by atoms with Crippen molar-refractivity contribution < 1.29 is 19.8 Å². The second-order valence-corrected chi connectivity index (χ2v) is 18.6. The standard InChI is InChI=1S/2C29H31N3O3/c2*1-3-8-21-13-16-25-26-23(17-32(25)29(21)35)24(18-33)27(31(26)4-2)28(34)30-22-14-11-20(12-15-22)19-9-6-5-7-10-19/h2*3,5-16,23-24,26-27,33H,4,17-18H2,1-2H3,(H,30,34)/b8-3+;8-3-/t2*23-,24-,26+,27-/m11/s1. The van der Waals surface area contributed by atoms with Crippen molar-refractivity contribution in [1.82, 2.24) is 18.9 Å². The topological polar surface area (TPSA) is 149 Å². The predicted molar refractivity (Wildman–Crippen MR) is 278 cm³/mol. The molecular formula is C58H62N6O6. The smallest absolute Gasteiger partial charge is 0.258 e. The molecule has 2 fully saturated rings. The van der Waals surface area contributed by atoms with Gasteiger partial charge in [0.15, 0.2) is 0 Å². The molecule has 0 spiro atoms. The van der Waals surface area contributed by atoms with E-state index >= 15 is 0 Å². The first kappa shape index (κ1) is 48.1. The Hall–Kier alpha value is -6.96. The highest BCUT2D eigenvalue weighted by Gasteiger charge is 2.56. The number of amides is 2. The molecule has 360 valence electrons. The fourth-order valence-electron chi connectivity index (χ4n) is 11.8. The summed E-state index contributed by atoms with van der Waals surface area (Å²) in [5.74, 6) is -0.741. The molecule has 6 heterocycles. The Balaban J connectivity index is 0.000000174. The lowest BCUT2D eigenvalue weighted by Gasteiger charge is -2.29. The number of nitrogens with zero attached hydrogens (tertiary/aromatic N) is 4. The second-order valence-electron chi connectivity index (χ2n) is 18.6. The molecule has 8 atom stereocenters. The number of pyridine rings is 2. The van der Waals surface area contributed by atoms with E-state index < -0.39 is 12.1 Å². The molecule has 6 aromatic rings. The van der Waals surface area contributed by atoms with E-state index in [4.69, 9.17) is 0 Å². The molecule has 0 aliphatic carbocycles. The molecule has 4 N–H and O–H groups in total. The largest absolute Gasteiger partial charge is 0.396 e. The Morgan fingerprint density at radius 1 is 0.529 bits per heavy atom. The third kappa shape index (κ3) is 8.92. The van der Waals surface area contributed by atoms with Crippen molar-refractivity contribution in [3.05, 3.63) is 189 Å². The number of anilines is 2. The van der Waals surface area contributed by atoms with E-state index in [0.717, 1.165) is 45.0 Å². The molecule has 2 amide bonds. The van der Waals surface area contributed by atoms with Crippen LogP contribution in [0.25, 0.3) is 34.4 Å². The van der Waals surface area contributed by atoms with E-state index in [1.807, 2.05) is 170 Å². The van der Waals surface area contributed by atoms with Gasteiger partial charge in [-0.25, -0.2) is 0 Å². The van der Waals surface area contributed by atoms with Crippen molar-refractivity contribution in [2.24, 2.45) is 23.7 Å². The number of allylic oxidation sites excluding steroid dienone is 2. The zero-order valence-corrected chi connectivity index (χ0v) is 40.2. The number of rotatable bonds is 12. The Morgan fingerprint density at radius 3 is 1.21 bits per heavy atom. The minimum absolute atomic E-state index is 0.00436. The Bertz CT molecular complexity index is 2800. The molecular weight excluding hydrogens is 877 g/mol. The van der Waals surface area contributed by atoms with Crippen molar-refractivity contribution >= 4 is 35.3 Å². The van der Waals surface area contributed by atoms with Crippen molar-refractivity contribution in [1.29, 1.82) is 0 Å². The summed E-state index contributed by atoms with van der Waals surface area (Å²) in [6.07, 6.45) is 7.37. The molecule has 4 aliphatic heterocycles. The van der Waals surface area contributed by atoms with Gasteiger partial charge in [-0.05, 0) is 97.7 Å². The van der Waals surface area contributed by atoms with Crippen LogP contribution in [-0.2, 0) is 22.7 Å². The highest BCUT2D eigenvalue weighted by molar-refractivity contribution is 5.96. The molecule has 4 aromatic carbocycles.